The monoisotopic (exact) mass is 474 g/mol. The average Bonchev–Trinajstić information content (AvgIpc) is 3.39. The third kappa shape index (κ3) is 4.63. The van der Waals surface area contributed by atoms with Crippen LogP contribution in [0.5, 0.6) is 0 Å². The minimum absolute atomic E-state index is 0.123. The summed E-state index contributed by atoms with van der Waals surface area (Å²) < 4.78 is 31.6. The first-order chi connectivity index (χ1) is 15.4. The average molecular weight is 475 g/mol. The van der Waals surface area contributed by atoms with Crippen molar-refractivity contribution >= 4 is 33.2 Å². The topological polar surface area (TPSA) is 96.6 Å². The number of anilines is 1. The van der Waals surface area contributed by atoms with Crippen molar-refractivity contribution in [2.24, 2.45) is 0 Å². The minimum atomic E-state index is -3.32. The standard InChI is InChI=1S/C22H23ClN4O4S/c1-2-11-26(15-20-24-25-21(31-20)18-9-3-4-10-19(18)23)22(28)16-7-5-8-17(14-16)27-12-6-13-32(27,29)30/h3-5,7-10,14H,2,6,11-13,15H2,1H3. The number of sulfonamides is 1. The van der Waals surface area contributed by atoms with Crippen molar-refractivity contribution in [1.82, 2.24) is 15.1 Å². The van der Waals surface area contributed by atoms with Crippen molar-refractivity contribution in [3.8, 4) is 11.5 Å². The summed E-state index contributed by atoms with van der Waals surface area (Å²) in [6, 6.07) is 13.9. The second-order valence-corrected chi connectivity index (χ2v) is 9.92. The van der Waals surface area contributed by atoms with Crippen molar-refractivity contribution in [2.75, 3.05) is 23.1 Å². The molecule has 0 unspecified atom stereocenters. The van der Waals surface area contributed by atoms with Gasteiger partial charge in [0.2, 0.25) is 21.8 Å². The number of hydrogen-bond donors (Lipinski definition) is 0. The van der Waals surface area contributed by atoms with Gasteiger partial charge in [-0.05, 0) is 43.2 Å². The van der Waals surface area contributed by atoms with E-state index in [2.05, 4.69) is 10.2 Å². The Morgan fingerprint density at radius 1 is 1.19 bits per heavy atom. The second-order valence-electron chi connectivity index (χ2n) is 7.50. The Labute approximate surface area is 191 Å². The predicted octanol–water partition coefficient (Wildman–Crippen LogP) is 3.98. The molecule has 0 spiro atoms. The van der Waals surface area contributed by atoms with E-state index in [-0.39, 0.29) is 24.1 Å². The summed E-state index contributed by atoms with van der Waals surface area (Å²) in [5.41, 5.74) is 1.54. The summed E-state index contributed by atoms with van der Waals surface area (Å²) in [6.07, 6.45) is 1.31. The third-order valence-corrected chi connectivity index (χ3v) is 7.36. The molecule has 168 valence electrons. The maximum Gasteiger partial charge on any atom is 0.254 e. The van der Waals surface area contributed by atoms with Gasteiger partial charge >= 0.3 is 0 Å². The lowest BCUT2D eigenvalue weighted by Crippen LogP contribution is -2.32. The quantitative estimate of drug-likeness (QED) is 0.513. The Kier molecular flexibility index (Phi) is 6.48. The van der Waals surface area contributed by atoms with E-state index >= 15 is 0 Å². The summed E-state index contributed by atoms with van der Waals surface area (Å²) in [5, 5.41) is 8.64. The maximum atomic E-state index is 13.2. The van der Waals surface area contributed by atoms with E-state index in [0.717, 1.165) is 6.42 Å². The highest BCUT2D eigenvalue weighted by atomic mass is 35.5. The van der Waals surface area contributed by atoms with Gasteiger partial charge in [-0.2, -0.15) is 0 Å². The van der Waals surface area contributed by atoms with Crippen LogP contribution in [0.25, 0.3) is 11.5 Å². The number of hydrogen-bond acceptors (Lipinski definition) is 6. The first kappa shape index (κ1) is 22.3. The van der Waals surface area contributed by atoms with E-state index in [0.29, 0.717) is 47.2 Å². The van der Waals surface area contributed by atoms with Crippen molar-refractivity contribution in [3.63, 3.8) is 0 Å². The van der Waals surface area contributed by atoms with Gasteiger partial charge in [0, 0.05) is 18.7 Å². The van der Waals surface area contributed by atoms with Crippen molar-refractivity contribution in [1.29, 1.82) is 0 Å². The predicted molar refractivity (Wildman–Crippen MR) is 122 cm³/mol. The number of benzene rings is 2. The van der Waals surface area contributed by atoms with Gasteiger partial charge in [0.15, 0.2) is 0 Å². The van der Waals surface area contributed by atoms with Crippen LogP contribution in [0.2, 0.25) is 5.02 Å². The molecule has 0 aliphatic carbocycles. The van der Waals surface area contributed by atoms with Gasteiger partial charge in [0.05, 0.1) is 28.6 Å². The zero-order chi connectivity index (χ0) is 22.7. The van der Waals surface area contributed by atoms with E-state index < -0.39 is 10.0 Å². The highest BCUT2D eigenvalue weighted by molar-refractivity contribution is 7.93. The van der Waals surface area contributed by atoms with Gasteiger partial charge in [-0.1, -0.05) is 36.7 Å². The lowest BCUT2D eigenvalue weighted by atomic mass is 10.1. The molecule has 0 atom stereocenters. The number of aromatic nitrogens is 2. The van der Waals surface area contributed by atoms with Crippen LogP contribution in [-0.2, 0) is 16.6 Å². The zero-order valence-corrected chi connectivity index (χ0v) is 19.1. The lowest BCUT2D eigenvalue weighted by Gasteiger charge is -2.22. The molecule has 4 rings (SSSR count). The fraction of sp³-hybridized carbons (Fsp3) is 0.318. The van der Waals surface area contributed by atoms with Gasteiger partial charge in [-0.3, -0.25) is 9.10 Å². The molecule has 1 aliphatic rings. The van der Waals surface area contributed by atoms with Crippen LogP contribution >= 0.6 is 11.6 Å². The van der Waals surface area contributed by atoms with Crippen LogP contribution in [0, 0.1) is 0 Å². The molecule has 0 radical (unpaired) electrons. The molecule has 8 nitrogen and oxygen atoms in total. The summed E-state index contributed by atoms with van der Waals surface area (Å²) in [7, 11) is -3.32. The first-order valence-electron chi connectivity index (χ1n) is 10.4. The molecular weight excluding hydrogens is 452 g/mol. The van der Waals surface area contributed by atoms with Crippen LogP contribution in [0.3, 0.4) is 0 Å². The molecular formula is C22H23ClN4O4S. The Hall–Kier alpha value is -2.91. The number of carbonyl (C=O) groups excluding carboxylic acids is 1. The normalized spacial score (nSPS) is 15.1. The highest BCUT2D eigenvalue weighted by Gasteiger charge is 2.29. The highest BCUT2D eigenvalue weighted by Crippen LogP contribution is 2.27. The Morgan fingerprint density at radius 2 is 2.00 bits per heavy atom. The molecule has 1 amide bonds. The van der Waals surface area contributed by atoms with Crippen molar-refractivity contribution in [2.45, 2.75) is 26.3 Å². The van der Waals surface area contributed by atoms with E-state index in [4.69, 9.17) is 16.0 Å². The molecule has 1 saturated heterocycles. The molecule has 2 heterocycles. The Morgan fingerprint density at radius 3 is 2.72 bits per heavy atom. The summed E-state index contributed by atoms with van der Waals surface area (Å²) >= 11 is 6.20. The van der Waals surface area contributed by atoms with Gasteiger partial charge < -0.3 is 9.32 Å². The molecule has 1 fully saturated rings. The minimum Gasteiger partial charge on any atom is -0.419 e. The molecule has 1 aliphatic heterocycles. The van der Waals surface area contributed by atoms with Crippen LogP contribution in [0.15, 0.2) is 52.9 Å². The molecule has 0 bridgehead atoms. The first-order valence-corrected chi connectivity index (χ1v) is 12.3. The van der Waals surface area contributed by atoms with E-state index in [1.165, 1.54) is 4.31 Å². The largest absolute Gasteiger partial charge is 0.419 e. The summed E-state index contributed by atoms with van der Waals surface area (Å²) in [6.45, 7) is 3.01. The van der Waals surface area contributed by atoms with Crippen LogP contribution < -0.4 is 4.31 Å². The second kappa shape index (κ2) is 9.30. The zero-order valence-electron chi connectivity index (χ0n) is 17.6. The van der Waals surface area contributed by atoms with Gasteiger partial charge in [0.1, 0.15) is 0 Å². The number of rotatable bonds is 7. The summed E-state index contributed by atoms with van der Waals surface area (Å²) in [4.78, 5) is 14.9. The molecule has 3 aromatic rings. The fourth-order valence-electron chi connectivity index (χ4n) is 3.65. The van der Waals surface area contributed by atoms with E-state index in [9.17, 15) is 13.2 Å². The number of nitrogens with zero attached hydrogens (tertiary/aromatic N) is 4. The molecule has 10 heteroatoms. The van der Waals surface area contributed by atoms with Gasteiger partial charge in [-0.15, -0.1) is 10.2 Å². The number of amides is 1. The van der Waals surface area contributed by atoms with Crippen molar-refractivity contribution in [3.05, 3.63) is 65.0 Å². The number of carbonyl (C=O) groups is 1. The SMILES string of the molecule is CCCN(Cc1nnc(-c2ccccc2Cl)o1)C(=O)c1cccc(N2CCCS2(=O)=O)c1. The van der Waals surface area contributed by atoms with Crippen molar-refractivity contribution < 1.29 is 17.6 Å². The van der Waals surface area contributed by atoms with Crippen LogP contribution in [0.4, 0.5) is 5.69 Å². The molecule has 2 aromatic carbocycles. The van der Waals surface area contributed by atoms with E-state index in [1.54, 1.807) is 41.3 Å². The number of halogens is 1. The van der Waals surface area contributed by atoms with Crippen LogP contribution in [-0.4, -0.2) is 48.3 Å². The third-order valence-electron chi connectivity index (χ3n) is 5.16. The Bertz CT molecular complexity index is 1230. The molecule has 0 N–H and O–H groups in total. The maximum absolute atomic E-state index is 13.2. The lowest BCUT2D eigenvalue weighted by molar-refractivity contribution is 0.0728. The summed E-state index contributed by atoms with van der Waals surface area (Å²) in [5.74, 6) is 0.469. The molecule has 1 aromatic heterocycles. The Balaban J connectivity index is 1.55. The molecule has 32 heavy (non-hydrogen) atoms. The van der Waals surface area contributed by atoms with E-state index in [1.807, 2.05) is 19.1 Å². The van der Waals surface area contributed by atoms with Gasteiger partial charge in [-0.25, -0.2) is 8.42 Å². The fourth-order valence-corrected chi connectivity index (χ4v) is 5.43. The van der Waals surface area contributed by atoms with Crippen LogP contribution in [0.1, 0.15) is 36.0 Å². The smallest absolute Gasteiger partial charge is 0.254 e. The molecule has 0 saturated carbocycles. The van der Waals surface area contributed by atoms with Gasteiger partial charge in [0.25, 0.3) is 5.91 Å².